The maximum atomic E-state index is 6.45. The third-order valence-corrected chi connectivity index (χ3v) is 4.39. The molecule has 0 aromatic carbocycles. The molecule has 0 radical (unpaired) electrons. The Morgan fingerprint density at radius 2 is 1.88 bits per heavy atom. The molecular weight excluding hydrogens is 314 g/mol. The van der Waals surface area contributed by atoms with Gasteiger partial charge in [0.15, 0.2) is 0 Å². The maximum Gasteiger partial charge on any atom is 0.0701 e. The minimum atomic E-state index is -0.519. The molecule has 5 N–H and O–H groups in total. The van der Waals surface area contributed by atoms with E-state index in [1.165, 1.54) is 0 Å². The number of nitrogens with two attached hydrogens (primary N) is 2. The van der Waals surface area contributed by atoms with Crippen molar-refractivity contribution in [3.63, 3.8) is 0 Å². The quantitative estimate of drug-likeness (QED) is 0.227. The minimum Gasteiger partial charge on any atom is -0.388 e. The van der Waals surface area contributed by atoms with Crippen LogP contribution in [0.3, 0.4) is 0 Å². The summed E-state index contributed by atoms with van der Waals surface area (Å²) in [7, 11) is 3.90. The monoisotopic (exact) mass is 351 g/mol. The van der Waals surface area contributed by atoms with Crippen LogP contribution in [0.25, 0.3) is 0 Å². The van der Waals surface area contributed by atoms with E-state index in [1.54, 1.807) is 11.2 Å². The van der Waals surface area contributed by atoms with Crippen LogP contribution in [0, 0.1) is 5.41 Å². The predicted molar refractivity (Wildman–Crippen MR) is 109 cm³/mol. The Kier molecular flexibility index (Phi) is 9.04. The van der Waals surface area contributed by atoms with Gasteiger partial charge in [-0.15, -0.1) is 6.58 Å². The summed E-state index contributed by atoms with van der Waals surface area (Å²) < 4.78 is 0. The van der Waals surface area contributed by atoms with Gasteiger partial charge in [0.2, 0.25) is 0 Å². The van der Waals surface area contributed by atoms with E-state index < -0.39 is 5.54 Å². The van der Waals surface area contributed by atoms with Crippen LogP contribution in [0.1, 0.15) is 34.6 Å². The molecule has 0 bridgehead atoms. The van der Waals surface area contributed by atoms with E-state index in [0.29, 0.717) is 6.54 Å². The summed E-state index contributed by atoms with van der Waals surface area (Å²) in [6.07, 6.45) is 3.57. The standard InChI is InChI=1S/C18H37N7/c1-10-17(3,4)15(12-23-22-8)25(20)13-14(24(9)11-2)16(21-7)18(5,6)19/h10,12,15,21H,1,8,11,13,19-20H2,2-7,9H3/b16-14-,23-12+/t15-/m1/s1. The van der Waals surface area contributed by atoms with Crippen LogP contribution in [0.5, 0.6) is 0 Å². The molecule has 0 unspecified atom stereocenters. The van der Waals surface area contributed by atoms with Crippen LogP contribution < -0.4 is 16.9 Å². The predicted octanol–water partition coefficient (Wildman–Crippen LogP) is 1.55. The van der Waals surface area contributed by atoms with Gasteiger partial charge in [-0.1, -0.05) is 19.9 Å². The topological polar surface area (TPSA) is 95.3 Å². The lowest BCUT2D eigenvalue weighted by molar-refractivity contribution is 0.172. The van der Waals surface area contributed by atoms with Crippen LogP contribution in [-0.2, 0) is 0 Å². The Balaban J connectivity index is 5.96. The molecule has 0 saturated carbocycles. The fourth-order valence-corrected chi connectivity index (χ4v) is 2.63. The smallest absolute Gasteiger partial charge is 0.0701 e. The molecule has 25 heavy (non-hydrogen) atoms. The van der Waals surface area contributed by atoms with Crippen molar-refractivity contribution in [1.29, 1.82) is 0 Å². The fraction of sp³-hybridized carbons (Fsp3) is 0.667. The summed E-state index contributed by atoms with van der Waals surface area (Å²) in [5.74, 6) is 6.45. The molecule has 0 aliphatic heterocycles. The van der Waals surface area contributed by atoms with Gasteiger partial charge >= 0.3 is 0 Å². The van der Waals surface area contributed by atoms with Crippen LogP contribution in [0.2, 0.25) is 0 Å². The number of nitrogens with zero attached hydrogens (tertiary/aromatic N) is 4. The van der Waals surface area contributed by atoms with E-state index in [2.05, 4.69) is 54.5 Å². The summed E-state index contributed by atoms with van der Waals surface area (Å²) in [4.78, 5) is 2.14. The number of nitrogens with one attached hydrogen (secondary N) is 1. The van der Waals surface area contributed by atoms with Gasteiger partial charge in [0, 0.05) is 44.7 Å². The van der Waals surface area contributed by atoms with Gasteiger partial charge < -0.3 is 16.0 Å². The second kappa shape index (κ2) is 9.70. The minimum absolute atomic E-state index is 0.199. The average Bonchev–Trinajstić information content (AvgIpc) is 2.52. The number of hydrogen-bond donors (Lipinski definition) is 3. The molecule has 0 aliphatic carbocycles. The molecule has 0 saturated heterocycles. The van der Waals surface area contributed by atoms with E-state index in [0.717, 1.165) is 17.9 Å². The molecular formula is C18H37N7. The second-order valence-corrected chi connectivity index (χ2v) is 7.36. The van der Waals surface area contributed by atoms with Crippen molar-refractivity contribution < 1.29 is 0 Å². The first-order valence-electron chi connectivity index (χ1n) is 8.51. The lowest BCUT2D eigenvalue weighted by Gasteiger charge is -2.38. The number of hydrogen-bond acceptors (Lipinski definition) is 7. The molecule has 144 valence electrons. The fourth-order valence-electron chi connectivity index (χ4n) is 2.63. The number of likely N-dealkylation sites (N-methyl/N-ethyl adjacent to an activating group) is 2. The number of hydrazine groups is 1. The molecule has 0 fully saturated rings. The van der Waals surface area contributed by atoms with Crippen molar-refractivity contribution >= 4 is 12.9 Å². The van der Waals surface area contributed by atoms with E-state index in [4.69, 9.17) is 11.6 Å². The molecule has 7 nitrogen and oxygen atoms in total. The van der Waals surface area contributed by atoms with Gasteiger partial charge in [-0.25, -0.2) is 5.01 Å². The summed E-state index contributed by atoms with van der Waals surface area (Å²) in [5, 5.41) is 12.5. The van der Waals surface area contributed by atoms with Gasteiger partial charge in [0.25, 0.3) is 0 Å². The van der Waals surface area contributed by atoms with Crippen LogP contribution in [0.15, 0.2) is 34.3 Å². The zero-order chi connectivity index (χ0) is 19.8. The van der Waals surface area contributed by atoms with Gasteiger partial charge in [-0.2, -0.15) is 10.2 Å². The third-order valence-electron chi connectivity index (χ3n) is 4.39. The summed E-state index contributed by atoms with van der Waals surface area (Å²) in [5.41, 5.74) is 7.52. The highest BCUT2D eigenvalue weighted by Gasteiger charge is 2.32. The highest BCUT2D eigenvalue weighted by Crippen LogP contribution is 2.26. The Morgan fingerprint density at radius 3 is 2.24 bits per heavy atom. The summed E-state index contributed by atoms with van der Waals surface area (Å²) in [6, 6.07) is -0.199. The second-order valence-electron chi connectivity index (χ2n) is 7.36. The van der Waals surface area contributed by atoms with Gasteiger partial charge in [-0.3, -0.25) is 5.84 Å². The van der Waals surface area contributed by atoms with E-state index in [1.807, 2.05) is 34.0 Å². The van der Waals surface area contributed by atoms with Crippen LogP contribution in [-0.4, -0.2) is 61.6 Å². The molecule has 0 spiro atoms. The molecule has 0 aromatic heterocycles. The highest BCUT2D eigenvalue weighted by atomic mass is 15.4. The van der Waals surface area contributed by atoms with E-state index in [9.17, 15) is 0 Å². The molecule has 0 aromatic rings. The SMILES string of the molecule is C=CC(C)(C)[C@@H](/C=N/N=C)N(N)C/C(=C(/NC)C(C)(C)N)N(C)CC. The van der Waals surface area contributed by atoms with Gasteiger partial charge in [0.05, 0.1) is 23.8 Å². The zero-order valence-electron chi connectivity index (χ0n) is 17.0. The average molecular weight is 352 g/mol. The number of rotatable bonds is 11. The zero-order valence-corrected chi connectivity index (χ0v) is 17.0. The molecule has 0 amide bonds. The summed E-state index contributed by atoms with van der Waals surface area (Å²) in [6.45, 7) is 18.8. The van der Waals surface area contributed by atoms with Crippen molar-refractivity contribution in [3.05, 3.63) is 24.0 Å². The molecule has 0 aliphatic rings. The molecule has 0 rings (SSSR count). The van der Waals surface area contributed by atoms with Crippen molar-refractivity contribution in [2.45, 2.75) is 46.2 Å². The Hall–Kier alpha value is -1.70. The molecule has 7 heteroatoms. The normalized spacial score (nSPS) is 15.1. The Labute approximate surface area is 153 Å². The Bertz CT molecular complexity index is 500. The van der Waals surface area contributed by atoms with Gasteiger partial charge in [0.1, 0.15) is 0 Å². The first-order valence-corrected chi connectivity index (χ1v) is 8.51. The first kappa shape index (κ1) is 23.3. The maximum absolute atomic E-state index is 6.45. The largest absolute Gasteiger partial charge is 0.388 e. The Morgan fingerprint density at radius 1 is 1.32 bits per heavy atom. The van der Waals surface area contributed by atoms with Crippen LogP contribution in [0.4, 0.5) is 0 Å². The third kappa shape index (κ3) is 6.61. The first-order chi connectivity index (χ1) is 11.5. The van der Waals surface area contributed by atoms with Crippen molar-refractivity contribution in [2.75, 3.05) is 27.2 Å². The van der Waals surface area contributed by atoms with E-state index in [-0.39, 0.29) is 11.5 Å². The van der Waals surface area contributed by atoms with Crippen molar-refractivity contribution in [1.82, 2.24) is 15.2 Å². The lowest BCUT2D eigenvalue weighted by Crippen LogP contribution is -2.53. The van der Waals surface area contributed by atoms with Gasteiger partial charge in [-0.05, 0) is 20.8 Å². The molecule has 0 heterocycles. The van der Waals surface area contributed by atoms with Crippen molar-refractivity contribution in [3.8, 4) is 0 Å². The van der Waals surface area contributed by atoms with Crippen LogP contribution >= 0.6 is 0 Å². The highest BCUT2D eigenvalue weighted by molar-refractivity contribution is 5.66. The lowest BCUT2D eigenvalue weighted by atomic mass is 9.84. The van der Waals surface area contributed by atoms with E-state index >= 15 is 0 Å². The summed E-state index contributed by atoms with van der Waals surface area (Å²) >= 11 is 0. The van der Waals surface area contributed by atoms with Crippen molar-refractivity contribution in [2.24, 2.45) is 27.2 Å². The molecule has 1 atom stereocenters.